The number of likely N-dealkylation sites (N-methyl/N-ethyl adjacent to an activating group) is 1. The van der Waals surface area contributed by atoms with E-state index in [0.717, 1.165) is 13.1 Å². The lowest BCUT2D eigenvalue weighted by molar-refractivity contribution is 0.523. The van der Waals surface area contributed by atoms with Crippen LogP contribution >= 0.6 is 0 Å². The smallest absolute Gasteiger partial charge is 0.113 e. The topological polar surface area (TPSA) is 39.1 Å². The summed E-state index contributed by atoms with van der Waals surface area (Å²) in [5.41, 5.74) is 2.46. The molecule has 1 aromatic carbocycles. The minimum absolute atomic E-state index is 0.135. The third kappa shape index (κ3) is 4.05. The van der Waals surface area contributed by atoms with E-state index in [-0.39, 0.29) is 6.04 Å². The predicted octanol–water partition coefficient (Wildman–Crippen LogP) is 2.71. The van der Waals surface area contributed by atoms with Crippen LogP contribution in [0.4, 0.5) is 5.69 Å². The van der Waals surface area contributed by atoms with E-state index in [2.05, 4.69) is 56.1 Å². The number of nitriles is 1. The van der Waals surface area contributed by atoms with Gasteiger partial charge in [0.25, 0.3) is 0 Å². The van der Waals surface area contributed by atoms with Crippen molar-refractivity contribution in [2.75, 3.05) is 18.0 Å². The quantitative estimate of drug-likeness (QED) is 0.837. The summed E-state index contributed by atoms with van der Waals surface area (Å²) in [5, 5.41) is 12.5. The molecule has 0 spiro atoms. The number of anilines is 1. The summed E-state index contributed by atoms with van der Waals surface area (Å²) >= 11 is 0. The summed E-state index contributed by atoms with van der Waals surface area (Å²) in [7, 11) is 0. The number of aryl methyl sites for hydroxylation is 1. The van der Waals surface area contributed by atoms with Gasteiger partial charge in [-0.2, -0.15) is 5.26 Å². The molecule has 1 unspecified atom stereocenters. The van der Waals surface area contributed by atoms with Crippen molar-refractivity contribution in [2.45, 2.75) is 39.8 Å². The molecule has 1 N–H and O–H groups in total. The monoisotopic (exact) mass is 245 g/mol. The van der Waals surface area contributed by atoms with Gasteiger partial charge in [0.1, 0.15) is 6.04 Å². The van der Waals surface area contributed by atoms with Crippen LogP contribution in [0.3, 0.4) is 0 Å². The maximum atomic E-state index is 9.20. The van der Waals surface area contributed by atoms with Crippen molar-refractivity contribution >= 4 is 5.69 Å². The fourth-order valence-electron chi connectivity index (χ4n) is 2.07. The molecule has 1 atom stereocenters. The molecular formula is C15H23N3. The molecule has 3 nitrogen and oxygen atoms in total. The SMILES string of the molecule is CCN(CC(C#N)NC(C)C)c1ccccc1C. The Kier molecular flexibility index (Phi) is 5.67. The number of rotatable bonds is 6. The van der Waals surface area contributed by atoms with E-state index in [0.29, 0.717) is 6.04 Å². The van der Waals surface area contributed by atoms with Crippen LogP contribution < -0.4 is 10.2 Å². The van der Waals surface area contributed by atoms with Gasteiger partial charge in [-0.3, -0.25) is 5.32 Å². The predicted molar refractivity (Wildman–Crippen MR) is 76.7 cm³/mol. The molecule has 0 saturated heterocycles. The van der Waals surface area contributed by atoms with E-state index in [9.17, 15) is 5.26 Å². The molecule has 0 amide bonds. The van der Waals surface area contributed by atoms with Crippen LogP contribution in [0.15, 0.2) is 24.3 Å². The van der Waals surface area contributed by atoms with Gasteiger partial charge in [-0.1, -0.05) is 18.2 Å². The van der Waals surface area contributed by atoms with Gasteiger partial charge in [0.2, 0.25) is 0 Å². The fraction of sp³-hybridized carbons (Fsp3) is 0.533. The van der Waals surface area contributed by atoms with Crippen molar-refractivity contribution in [3.8, 4) is 6.07 Å². The maximum absolute atomic E-state index is 9.20. The van der Waals surface area contributed by atoms with E-state index >= 15 is 0 Å². The second kappa shape index (κ2) is 7.03. The second-order valence-corrected chi connectivity index (χ2v) is 4.83. The molecule has 18 heavy (non-hydrogen) atoms. The molecule has 0 aliphatic rings. The summed E-state index contributed by atoms with van der Waals surface area (Å²) < 4.78 is 0. The van der Waals surface area contributed by atoms with Crippen LogP contribution in [0, 0.1) is 18.3 Å². The fourth-order valence-corrected chi connectivity index (χ4v) is 2.07. The molecule has 1 rings (SSSR count). The molecule has 0 heterocycles. The summed E-state index contributed by atoms with van der Waals surface area (Å²) in [6, 6.07) is 10.8. The van der Waals surface area contributed by atoms with Gasteiger partial charge in [-0.05, 0) is 39.3 Å². The van der Waals surface area contributed by atoms with Gasteiger partial charge in [0.15, 0.2) is 0 Å². The first-order valence-electron chi connectivity index (χ1n) is 6.54. The molecule has 0 radical (unpaired) electrons. The summed E-state index contributed by atoms with van der Waals surface area (Å²) in [5.74, 6) is 0. The van der Waals surface area contributed by atoms with E-state index in [4.69, 9.17) is 0 Å². The highest BCUT2D eigenvalue weighted by molar-refractivity contribution is 5.53. The minimum Gasteiger partial charge on any atom is -0.369 e. The Hall–Kier alpha value is -1.53. The first kappa shape index (κ1) is 14.5. The number of hydrogen-bond acceptors (Lipinski definition) is 3. The number of nitrogens with zero attached hydrogens (tertiary/aromatic N) is 2. The summed E-state index contributed by atoms with van der Waals surface area (Å²) in [4.78, 5) is 2.25. The summed E-state index contributed by atoms with van der Waals surface area (Å²) in [6.07, 6.45) is 0. The van der Waals surface area contributed by atoms with Crippen LogP contribution in [-0.2, 0) is 0 Å². The van der Waals surface area contributed by atoms with Crippen molar-refractivity contribution in [2.24, 2.45) is 0 Å². The molecule has 0 fully saturated rings. The summed E-state index contributed by atoms with van der Waals surface area (Å²) in [6.45, 7) is 9.98. The van der Waals surface area contributed by atoms with Crippen molar-refractivity contribution in [1.29, 1.82) is 5.26 Å². The molecule has 0 aliphatic heterocycles. The van der Waals surface area contributed by atoms with Crippen LogP contribution in [0.2, 0.25) is 0 Å². The number of benzene rings is 1. The van der Waals surface area contributed by atoms with Gasteiger partial charge < -0.3 is 4.90 Å². The van der Waals surface area contributed by atoms with E-state index < -0.39 is 0 Å². The first-order chi connectivity index (χ1) is 8.58. The zero-order chi connectivity index (χ0) is 13.5. The highest BCUT2D eigenvalue weighted by Crippen LogP contribution is 2.19. The Morgan fingerprint density at radius 3 is 2.50 bits per heavy atom. The number of para-hydroxylation sites is 1. The molecular weight excluding hydrogens is 222 g/mol. The van der Waals surface area contributed by atoms with Gasteiger partial charge in [0.05, 0.1) is 6.07 Å². The highest BCUT2D eigenvalue weighted by atomic mass is 15.2. The third-order valence-corrected chi connectivity index (χ3v) is 2.93. The van der Waals surface area contributed by atoms with Gasteiger partial charge in [-0.15, -0.1) is 0 Å². The van der Waals surface area contributed by atoms with Gasteiger partial charge in [-0.25, -0.2) is 0 Å². The lowest BCUT2D eigenvalue weighted by Gasteiger charge is -2.28. The lowest BCUT2D eigenvalue weighted by Crippen LogP contribution is -2.43. The Balaban J connectivity index is 2.79. The molecule has 1 aromatic rings. The number of nitrogens with one attached hydrogen (secondary N) is 1. The van der Waals surface area contributed by atoms with E-state index in [1.54, 1.807) is 0 Å². The van der Waals surface area contributed by atoms with Crippen LogP contribution in [-0.4, -0.2) is 25.2 Å². The van der Waals surface area contributed by atoms with Gasteiger partial charge in [0, 0.05) is 24.8 Å². The van der Waals surface area contributed by atoms with Crippen molar-refractivity contribution in [3.05, 3.63) is 29.8 Å². The van der Waals surface area contributed by atoms with E-state index in [1.807, 2.05) is 12.1 Å². The molecule has 0 aromatic heterocycles. The van der Waals surface area contributed by atoms with Crippen molar-refractivity contribution in [1.82, 2.24) is 5.32 Å². The largest absolute Gasteiger partial charge is 0.369 e. The highest BCUT2D eigenvalue weighted by Gasteiger charge is 2.14. The van der Waals surface area contributed by atoms with Crippen molar-refractivity contribution < 1.29 is 0 Å². The molecule has 0 aliphatic carbocycles. The van der Waals surface area contributed by atoms with Crippen LogP contribution in [0.5, 0.6) is 0 Å². The Morgan fingerprint density at radius 1 is 1.33 bits per heavy atom. The van der Waals surface area contributed by atoms with Gasteiger partial charge >= 0.3 is 0 Å². The zero-order valence-electron chi connectivity index (χ0n) is 11.8. The Labute approximate surface area is 110 Å². The number of hydrogen-bond donors (Lipinski definition) is 1. The minimum atomic E-state index is -0.135. The zero-order valence-corrected chi connectivity index (χ0v) is 11.8. The standard InChI is InChI=1S/C15H23N3/c1-5-18(11-14(10-16)17-12(2)3)15-9-7-6-8-13(15)4/h6-9,12,14,17H,5,11H2,1-4H3. The van der Waals surface area contributed by atoms with Crippen molar-refractivity contribution in [3.63, 3.8) is 0 Å². The van der Waals surface area contributed by atoms with Crippen LogP contribution in [0.1, 0.15) is 26.3 Å². The normalized spacial score (nSPS) is 12.2. The maximum Gasteiger partial charge on any atom is 0.113 e. The Morgan fingerprint density at radius 2 is 2.00 bits per heavy atom. The first-order valence-corrected chi connectivity index (χ1v) is 6.54. The average Bonchev–Trinajstić information content (AvgIpc) is 2.35. The Bertz CT molecular complexity index is 406. The molecule has 98 valence electrons. The molecule has 0 bridgehead atoms. The molecule has 0 saturated carbocycles. The molecule has 3 heteroatoms. The van der Waals surface area contributed by atoms with E-state index in [1.165, 1.54) is 11.3 Å². The second-order valence-electron chi connectivity index (χ2n) is 4.83. The average molecular weight is 245 g/mol. The lowest BCUT2D eigenvalue weighted by atomic mass is 10.1. The van der Waals surface area contributed by atoms with Crippen LogP contribution in [0.25, 0.3) is 0 Å². The third-order valence-electron chi connectivity index (χ3n) is 2.93.